The van der Waals surface area contributed by atoms with E-state index in [9.17, 15) is 4.39 Å². The maximum Gasteiger partial charge on any atom is 0.123 e. The first-order chi connectivity index (χ1) is 6.81. The van der Waals surface area contributed by atoms with Gasteiger partial charge in [0.2, 0.25) is 0 Å². The van der Waals surface area contributed by atoms with Crippen molar-refractivity contribution >= 4 is 0 Å². The number of benzene rings is 1. The molecule has 1 aromatic carbocycles. The summed E-state index contributed by atoms with van der Waals surface area (Å²) >= 11 is 0. The molecule has 0 amide bonds. The van der Waals surface area contributed by atoms with Crippen LogP contribution < -0.4 is 5.32 Å². The van der Waals surface area contributed by atoms with E-state index in [0.29, 0.717) is 5.92 Å². The molecule has 0 radical (unpaired) electrons. The minimum absolute atomic E-state index is 0.125. The summed E-state index contributed by atoms with van der Waals surface area (Å²) in [5.41, 5.74) is 1.11. The highest BCUT2D eigenvalue weighted by Crippen LogP contribution is 2.27. The van der Waals surface area contributed by atoms with Gasteiger partial charge in [0.05, 0.1) is 6.61 Å². The largest absolute Gasteiger partial charge is 0.395 e. The molecule has 3 heteroatoms. The summed E-state index contributed by atoms with van der Waals surface area (Å²) in [6.45, 7) is 1.06. The molecular formula is C11H14FNO. The minimum atomic E-state index is -0.208. The topological polar surface area (TPSA) is 32.3 Å². The molecular weight excluding hydrogens is 181 g/mol. The predicted molar refractivity (Wildman–Crippen MR) is 52.6 cm³/mol. The van der Waals surface area contributed by atoms with E-state index < -0.39 is 0 Å². The van der Waals surface area contributed by atoms with E-state index in [1.807, 2.05) is 0 Å². The van der Waals surface area contributed by atoms with Crippen LogP contribution in [-0.2, 0) is 0 Å². The molecule has 0 unspecified atom stereocenters. The van der Waals surface area contributed by atoms with Crippen molar-refractivity contribution in [2.75, 3.05) is 13.2 Å². The molecule has 76 valence electrons. The van der Waals surface area contributed by atoms with E-state index in [1.165, 1.54) is 12.1 Å². The summed E-state index contributed by atoms with van der Waals surface area (Å²) in [4.78, 5) is 0. The van der Waals surface area contributed by atoms with Crippen LogP contribution in [0.5, 0.6) is 0 Å². The fraction of sp³-hybridized carbons (Fsp3) is 0.455. The first-order valence-corrected chi connectivity index (χ1v) is 4.91. The molecule has 0 bridgehead atoms. The highest BCUT2D eigenvalue weighted by Gasteiger charge is 2.27. The molecule has 1 fully saturated rings. The summed E-state index contributed by atoms with van der Waals surface area (Å²) in [7, 11) is 0. The third kappa shape index (κ3) is 1.79. The van der Waals surface area contributed by atoms with E-state index in [0.717, 1.165) is 18.5 Å². The van der Waals surface area contributed by atoms with Gasteiger partial charge in [-0.05, 0) is 30.7 Å². The van der Waals surface area contributed by atoms with Crippen LogP contribution in [0.1, 0.15) is 17.9 Å². The van der Waals surface area contributed by atoms with Crippen LogP contribution in [-0.4, -0.2) is 24.3 Å². The average molecular weight is 195 g/mol. The molecule has 2 N–H and O–H groups in total. The molecule has 1 aliphatic heterocycles. The van der Waals surface area contributed by atoms with Gasteiger partial charge in [0.1, 0.15) is 5.82 Å². The van der Waals surface area contributed by atoms with Crippen molar-refractivity contribution in [3.05, 3.63) is 35.6 Å². The second-order valence-electron chi connectivity index (χ2n) is 3.69. The molecule has 0 aromatic heterocycles. The Labute approximate surface area is 82.8 Å². The van der Waals surface area contributed by atoms with Gasteiger partial charge in [-0.15, -0.1) is 0 Å². The Kier molecular flexibility index (Phi) is 2.79. The minimum Gasteiger partial charge on any atom is -0.395 e. The zero-order chi connectivity index (χ0) is 9.97. The number of aliphatic hydroxyl groups is 1. The lowest BCUT2D eigenvalue weighted by Gasteiger charge is -2.17. The van der Waals surface area contributed by atoms with E-state index in [-0.39, 0.29) is 18.5 Å². The van der Waals surface area contributed by atoms with Crippen LogP contribution in [0.3, 0.4) is 0 Å². The zero-order valence-corrected chi connectivity index (χ0v) is 7.91. The Balaban J connectivity index is 2.17. The third-order valence-corrected chi connectivity index (χ3v) is 2.84. The molecule has 14 heavy (non-hydrogen) atoms. The number of hydrogen-bond acceptors (Lipinski definition) is 2. The highest BCUT2D eigenvalue weighted by atomic mass is 19.1. The lowest BCUT2D eigenvalue weighted by molar-refractivity contribution is 0.245. The molecule has 0 saturated carbocycles. The fourth-order valence-corrected chi connectivity index (χ4v) is 2.07. The van der Waals surface area contributed by atoms with Gasteiger partial charge in [0.15, 0.2) is 0 Å². The van der Waals surface area contributed by atoms with E-state index >= 15 is 0 Å². The van der Waals surface area contributed by atoms with Crippen molar-refractivity contribution in [1.82, 2.24) is 5.32 Å². The Morgan fingerprint density at radius 3 is 2.71 bits per heavy atom. The van der Waals surface area contributed by atoms with Gasteiger partial charge in [-0.3, -0.25) is 0 Å². The monoisotopic (exact) mass is 195 g/mol. The number of rotatable bonds is 2. The average Bonchev–Trinajstić information content (AvgIpc) is 2.67. The normalized spacial score (nSPS) is 26.7. The maximum absolute atomic E-state index is 12.7. The number of nitrogens with one attached hydrogen (secondary N) is 1. The van der Waals surface area contributed by atoms with Crippen molar-refractivity contribution in [2.24, 2.45) is 0 Å². The lowest BCUT2D eigenvalue weighted by Crippen LogP contribution is -2.29. The fourth-order valence-electron chi connectivity index (χ4n) is 2.07. The van der Waals surface area contributed by atoms with Crippen molar-refractivity contribution < 1.29 is 9.50 Å². The summed E-state index contributed by atoms with van der Waals surface area (Å²) in [5.74, 6) is 0.112. The molecule has 0 aliphatic carbocycles. The van der Waals surface area contributed by atoms with Crippen LogP contribution in [0.15, 0.2) is 24.3 Å². The Bertz CT molecular complexity index is 299. The van der Waals surface area contributed by atoms with Crippen LogP contribution in [0.25, 0.3) is 0 Å². The van der Waals surface area contributed by atoms with Gasteiger partial charge in [-0.1, -0.05) is 12.1 Å². The van der Waals surface area contributed by atoms with Gasteiger partial charge in [0, 0.05) is 12.0 Å². The Morgan fingerprint density at radius 2 is 2.07 bits per heavy atom. The SMILES string of the molecule is OC[C@@H]1NCC[C@H]1c1ccc(F)cc1. The van der Waals surface area contributed by atoms with Crippen LogP contribution in [0, 0.1) is 5.82 Å². The van der Waals surface area contributed by atoms with Crippen LogP contribution in [0.2, 0.25) is 0 Å². The van der Waals surface area contributed by atoms with Gasteiger partial charge in [0.25, 0.3) is 0 Å². The molecule has 1 heterocycles. The summed E-state index contributed by atoms with van der Waals surface area (Å²) in [6, 6.07) is 6.68. The van der Waals surface area contributed by atoms with Gasteiger partial charge < -0.3 is 10.4 Å². The van der Waals surface area contributed by atoms with Gasteiger partial charge >= 0.3 is 0 Å². The first kappa shape index (κ1) is 9.62. The van der Waals surface area contributed by atoms with Gasteiger partial charge in [-0.2, -0.15) is 0 Å². The van der Waals surface area contributed by atoms with Crippen LogP contribution >= 0.6 is 0 Å². The number of aliphatic hydroxyl groups excluding tert-OH is 1. The summed E-state index contributed by atoms with van der Waals surface area (Å²) in [6.07, 6.45) is 1.01. The molecule has 1 saturated heterocycles. The molecule has 2 atom stereocenters. The van der Waals surface area contributed by atoms with Crippen molar-refractivity contribution in [3.8, 4) is 0 Å². The lowest BCUT2D eigenvalue weighted by atomic mass is 9.92. The van der Waals surface area contributed by atoms with Crippen molar-refractivity contribution in [1.29, 1.82) is 0 Å². The van der Waals surface area contributed by atoms with Crippen LogP contribution in [0.4, 0.5) is 4.39 Å². The molecule has 2 nitrogen and oxygen atoms in total. The third-order valence-electron chi connectivity index (χ3n) is 2.84. The van der Waals surface area contributed by atoms with Crippen molar-refractivity contribution in [2.45, 2.75) is 18.4 Å². The molecule has 2 rings (SSSR count). The molecule has 1 aromatic rings. The van der Waals surface area contributed by atoms with E-state index in [1.54, 1.807) is 12.1 Å². The summed E-state index contributed by atoms with van der Waals surface area (Å²) < 4.78 is 12.7. The predicted octanol–water partition coefficient (Wildman–Crippen LogP) is 1.26. The standard InChI is InChI=1S/C11H14FNO/c12-9-3-1-8(2-4-9)10-5-6-13-11(10)7-14/h1-4,10-11,13-14H,5-7H2/t10-,11-/m0/s1. The zero-order valence-electron chi connectivity index (χ0n) is 7.91. The second-order valence-corrected chi connectivity index (χ2v) is 3.69. The molecule has 1 aliphatic rings. The Morgan fingerprint density at radius 1 is 1.36 bits per heavy atom. The molecule has 0 spiro atoms. The quantitative estimate of drug-likeness (QED) is 0.744. The Hall–Kier alpha value is -0.930. The van der Waals surface area contributed by atoms with E-state index in [4.69, 9.17) is 5.11 Å². The smallest absolute Gasteiger partial charge is 0.123 e. The van der Waals surface area contributed by atoms with Gasteiger partial charge in [-0.25, -0.2) is 4.39 Å². The van der Waals surface area contributed by atoms with E-state index in [2.05, 4.69) is 5.32 Å². The summed E-state index contributed by atoms with van der Waals surface area (Å²) in [5, 5.41) is 12.3. The number of hydrogen-bond donors (Lipinski definition) is 2. The second kappa shape index (κ2) is 4.07. The number of halogens is 1. The maximum atomic E-state index is 12.7. The highest BCUT2D eigenvalue weighted by molar-refractivity contribution is 5.23. The van der Waals surface area contributed by atoms with Crippen molar-refractivity contribution in [3.63, 3.8) is 0 Å². The first-order valence-electron chi connectivity index (χ1n) is 4.91.